The number of carbonyl (C=O) groups is 2. The predicted molar refractivity (Wildman–Crippen MR) is 133 cm³/mol. The third-order valence-corrected chi connectivity index (χ3v) is 7.26. The highest BCUT2D eigenvalue weighted by Crippen LogP contribution is 2.38. The van der Waals surface area contributed by atoms with Crippen LogP contribution in [-0.2, 0) is 4.79 Å². The van der Waals surface area contributed by atoms with Crippen LogP contribution < -0.4 is 19.7 Å². The quantitative estimate of drug-likeness (QED) is 0.492. The smallest absolute Gasteiger partial charge is 0.269 e. The Morgan fingerprint density at radius 1 is 0.971 bits per heavy atom. The fourth-order valence-electron chi connectivity index (χ4n) is 4.67. The molecule has 8 heteroatoms. The largest absolute Gasteiger partial charge is 0.486 e. The van der Waals surface area contributed by atoms with E-state index in [0.717, 1.165) is 32.1 Å². The molecule has 1 aliphatic heterocycles. The summed E-state index contributed by atoms with van der Waals surface area (Å²) in [6, 6.07) is 13.6. The highest BCUT2D eigenvalue weighted by Gasteiger charge is 2.35. The molecule has 35 heavy (non-hydrogen) atoms. The first-order chi connectivity index (χ1) is 17.1. The molecule has 1 aliphatic carbocycles. The summed E-state index contributed by atoms with van der Waals surface area (Å²) in [5.74, 6) is 0.0977. The molecule has 0 bridgehead atoms. The lowest BCUT2D eigenvalue weighted by molar-refractivity contribution is -0.123. The molecule has 2 heterocycles. The maximum absolute atomic E-state index is 13.9. The molecular weight excluding hydrogens is 467 g/mol. The van der Waals surface area contributed by atoms with Crippen LogP contribution in [0.2, 0.25) is 0 Å². The van der Waals surface area contributed by atoms with Crippen molar-refractivity contribution in [2.45, 2.75) is 44.2 Å². The van der Waals surface area contributed by atoms with Gasteiger partial charge in [0.1, 0.15) is 25.1 Å². The molecule has 182 valence electrons. The number of rotatable bonds is 6. The Labute approximate surface area is 207 Å². The molecule has 1 N–H and O–H groups in total. The van der Waals surface area contributed by atoms with Crippen LogP contribution in [0.1, 0.15) is 53.4 Å². The fourth-order valence-corrected chi connectivity index (χ4v) is 5.33. The summed E-state index contributed by atoms with van der Waals surface area (Å²) >= 11 is 1.31. The van der Waals surface area contributed by atoms with Gasteiger partial charge in [0, 0.05) is 17.8 Å². The molecule has 1 atom stereocenters. The van der Waals surface area contributed by atoms with E-state index in [1.807, 2.05) is 5.38 Å². The van der Waals surface area contributed by atoms with Gasteiger partial charge in [0.2, 0.25) is 5.91 Å². The van der Waals surface area contributed by atoms with E-state index in [1.54, 1.807) is 42.5 Å². The SMILES string of the molecule is O=C(NC1CCCCC1)C(c1ccc(F)cc1)N(C(=O)c1cccs1)c1ccc2c(c1)OCCO2. The zero-order valence-corrected chi connectivity index (χ0v) is 20.1. The number of halogens is 1. The van der Waals surface area contributed by atoms with Crippen molar-refractivity contribution in [1.29, 1.82) is 0 Å². The number of carbonyl (C=O) groups excluding carboxylic acids is 2. The molecule has 2 aromatic carbocycles. The van der Waals surface area contributed by atoms with E-state index >= 15 is 0 Å². The van der Waals surface area contributed by atoms with Crippen molar-refractivity contribution in [3.05, 3.63) is 76.2 Å². The number of fused-ring (bicyclic) bond motifs is 1. The number of anilines is 1. The summed E-state index contributed by atoms with van der Waals surface area (Å²) in [5.41, 5.74) is 1.03. The lowest BCUT2D eigenvalue weighted by atomic mass is 9.94. The van der Waals surface area contributed by atoms with Crippen molar-refractivity contribution in [3.63, 3.8) is 0 Å². The topological polar surface area (TPSA) is 67.9 Å². The Kier molecular flexibility index (Phi) is 6.99. The van der Waals surface area contributed by atoms with E-state index in [4.69, 9.17) is 9.47 Å². The summed E-state index contributed by atoms with van der Waals surface area (Å²) in [5, 5.41) is 4.99. The lowest BCUT2D eigenvalue weighted by Crippen LogP contribution is -2.47. The van der Waals surface area contributed by atoms with E-state index in [9.17, 15) is 14.0 Å². The van der Waals surface area contributed by atoms with Gasteiger partial charge in [-0.15, -0.1) is 11.3 Å². The van der Waals surface area contributed by atoms with Crippen molar-refractivity contribution in [1.82, 2.24) is 5.32 Å². The zero-order chi connectivity index (χ0) is 24.2. The van der Waals surface area contributed by atoms with Crippen molar-refractivity contribution >= 4 is 28.8 Å². The van der Waals surface area contributed by atoms with Crippen LogP contribution in [0.15, 0.2) is 60.0 Å². The fraction of sp³-hybridized carbons (Fsp3) is 0.333. The molecule has 1 fully saturated rings. The first-order valence-corrected chi connectivity index (χ1v) is 12.8. The average Bonchev–Trinajstić information content (AvgIpc) is 3.43. The molecule has 1 unspecified atom stereocenters. The second-order valence-electron chi connectivity index (χ2n) is 8.78. The Morgan fingerprint density at radius 3 is 2.43 bits per heavy atom. The number of nitrogens with zero attached hydrogens (tertiary/aromatic N) is 1. The molecule has 2 amide bonds. The zero-order valence-electron chi connectivity index (χ0n) is 19.2. The normalized spacial score (nSPS) is 16.4. The van der Waals surface area contributed by atoms with Crippen molar-refractivity contribution in [3.8, 4) is 11.5 Å². The summed E-state index contributed by atoms with van der Waals surface area (Å²) in [7, 11) is 0. The van der Waals surface area contributed by atoms with Crippen LogP contribution in [0, 0.1) is 5.82 Å². The summed E-state index contributed by atoms with van der Waals surface area (Å²) in [6.07, 6.45) is 5.10. The van der Waals surface area contributed by atoms with Gasteiger partial charge in [0.15, 0.2) is 11.5 Å². The van der Waals surface area contributed by atoms with Gasteiger partial charge in [-0.25, -0.2) is 4.39 Å². The van der Waals surface area contributed by atoms with E-state index in [2.05, 4.69) is 5.32 Å². The maximum Gasteiger partial charge on any atom is 0.269 e. The van der Waals surface area contributed by atoms with Gasteiger partial charge in [0.25, 0.3) is 5.91 Å². The van der Waals surface area contributed by atoms with Gasteiger partial charge in [-0.05, 0) is 54.1 Å². The van der Waals surface area contributed by atoms with Crippen LogP contribution in [0.3, 0.4) is 0 Å². The minimum Gasteiger partial charge on any atom is -0.486 e. The molecular formula is C27H27FN2O4S. The third-order valence-electron chi connectivity index (χ3n) is 6.40. The highest BCUT2D eigenvalue weighted by atomic mass is 32.1. The maximum atomic E-state index is 13.9. The minimum absolute atomic E-state index is 0.0538. The van der Waals surface area contributed by atoms with Crippen molar-refractivity contribution in [2.75, 3.05) is 18.1 Å². The van der Waals surface area contributed by atoms with Gasteiger partial charge in [0.05, 0.1) is 4.88 Å². The molecule has 5 rings (SSSR count). The summed E-state index contributed by atoms with van der Waals surface area (Å²) in [4.78, 5) is 29.7. The molecule has 0 radical (unpaired) electrons. The van der Waals surface area contributed by atoms with Crippen molar-refractivity contribution in [2.24, 2.45) is 0 Å². The second kappa shape index (κ2) is 10.5. The Hall–Kier alpha value is -3.39. The number of thiophene rings is 1. The van der Waals surface area contributed by atoms with Gasteiger partial charge in [-0.1, -0.05) is 37.5 Å². The second-order valence-corrected chi connectivity index (χ2v) is 9.73. The van der Waals surface area contributed by atoms with Gasteiger partial charge < -0.3 is 14.8 Å². The van der Waals surface area contributed by atoms with Gasteiger partial charge >= 0.3 is 0 Å². The monoisotopic (exact) mass is 494 g/mol. The first-order valence-electron chi connectivity index (χ1n) is 11.9. The van der Waals surface area contributed by atoms with Crippen LogP contribution in [-0.4, -0.2) is 31.1 Å². The number of nitrogens with one attached hydrogen (secondary N) is 1. The highest BCUT2D eigenvalue weighted by molar-refractivity contribution is 7.12. The molecule has 6 nitrogen and oxygen atoms in total. The Balaban J connectivity index is 1.59. The predicted octanol–water partition coefficient (Wildman–Crippen LogP) is 5.50. The number of amides is 2. The number of benzene rings is 2. The van der Waals surface area contributed by atoms with Crippen LogP contribution >= 0.6 is 11.3 Å². The standard InChI is InChI=1S/C27H27FN2O4S/c28-19-10-8-18(9-11-19)25(26(31)29-20-5-2-1-3-6-20)30(27(32)24-7-4-16-35-24)21-12-13-22-23(17-21)34-15-14-33-22/h4,7-13,16-17,20,25H,1-3,5-6,14-15H2,(H,29,31). The summed E-state index contributed by atoms with van der Waals surface area (Å²) < 4.78 is 25.2. The van der Waals surface area contributed by atoms with Crippen LogP contribution in [0.25, 0.3) is 0 Å². The number of ether oxygens (including phenoxy) is 2. The van der Waals surface area contributed by atoms with Crippen LogP contribution in [0.5, 0.6) is 11.5 Å². The molecule has 0 spiro atoms. The molecule has 2 aliphatic rings. The Morgan fingerprint density at radius 2 is 1.71 bits per heavy atom. The van der Waals surface area contributed by atoms with E-state index in [1.165, 1.54) is 28.4 Å². The molecule has 1 aromatic heterocycles. The van der Waals surface area contributed by atoms with Gasteiger partial charge in [-0.2, -0.15) is 0 Å². The van der Waals surface area contributed by atoms with Crippen molar-refractivity contribution < 1.29 is 23.5 Å². The molecule has 0 saturated heterocycles. The minimum atomic E-state index is -0.991. The number of hydrogen-bond acceptors (Lipinski definition) is 5. The third kappa shape index (κ3) is 5.17. The Bertz CT molecular complexity index is 1180. The lowest BCUT2D eigenvalue weighted by Gasteiger charge is -2.33. The van der Waals surface area contributed by atoms with Gasteiger partial charge in [-0.3, -0.25) is 14.5 Å². The first kappa shape index (κ1) is 23.4. The molecule has 3 aromatic rings. The number of hydrogen-bond donors (Lipinski definition) is 1. The van der Waals surface area contributed by atoms with E-state index in [0.29, 0.717) is 40.8 Å². The van der Waals surface area contributed by atoms with E-state index < -0.39 is 11.9 Å². The summed E-state index contributed by atoms with van der Waals surface area (Å²) in [6.45, 7) is 0.852. The van der Waals surface area contributed by atoms with Crippen LogP contribution in [0.4, 0.5) is 10.1 Å². The van der Waals surface area contributed by atoms with E-state index in [-0.39, 0.29) is 17.9 Å². The average molecular weight is 495 g/mol. The molecule has 1 saturated carbocycles.